The molecule has 2 amide bonds. The largest absolute Gasteiger partial charge is 0.350 e. The van der Waals surface area contributed by atoms with Crippen molar-refractivity contribution in [3.63, 3.8) is 0 Å². The van der Waals surface area contributed by atoms with E-state index in [1.165, 1.54) is 5.56 Å². The summed E-state index contributed by atoms with van der Waals surface area (Å²) in [5, 5.41) is 5.70. The maximum atomic E-state index is 11.7. The molecule has 1 aliphatic rings. The third kappa shape index (κ3) is 2.99. The van der Waals surface area contributed by atoms with E-state index in [0.29, 0.717) is 0 Å². The quantitative estimate of drug-likeness (QED) is 0.811. The van der Waals surface area contributed by atoms with Gasteiger partial charge in [-0.1, -0.05) is 19.1 Å². The van der Waals surface area contributed by atoms with Crippen molar-refractivity contribution in [3.05, 3.63) is 29.8 Å². The van der Waals surface area contributed by atoms with Gasteiger partial charge in [0.1, 0.15) is 6.04 Å². The van der Waals surface area contributed by atoms with Gasteiger partial charge in [0, 0.05) is 11.7 Å². The zero-order valence-corrected chi connectivity index (χ0v) is 12.1. The molecule has 2 rings (SSSR count). The third-order valence-corrected chi connectivity index (χ3v) is 3.66. The van der Waals surface area contributed by atoms with Gasteiger partial charge in [-0.3, -0.25) is 14.9 Å². The van der Waals surface area contributed by atoms with Gasteiger partial charge in [-0.2, -0.15) is 0 Å². The number of carbonyl (C=O) groups is 2. The predicted octanol–water partition coefficient (Wildman–Crippen LogP) is 1.21. The Morgan fingerprint density at radius 1 is 1.35 bits per heavy atom. The highest BCUT2D eigenvalue weighted by Gasteiger charge is 2.30. The lowest BCUT2D eigenvalue weighted by molar-refractivity contribution is -0.132. The van der Waals surface area contributed by atoms with E-state index in [1.807, 2.05) is 29.2 Å². The monoisotopic (exact) mass is 275 g/mol. The number of anilines is 1. The van der Waals surface area contributed by atoms with Crippen LogP contribution in [0.15, 0.2) is 24.3 Å². The molecule has 1 aliphatic heterocycles. The summed E-state index contributed by atoms with van der Waals surface area (Å²) in [7, 11) is 0. The van der Waals surface area contributed by atoms with E-state index in [-0.39, 0.29) is 30.4 Å². The summed E-state index contributed by atoms with van der Waals surface area (Å²) in [6.07, 6.45) is 0. The lowest BCUT2D eigenvalue weighted by atomic mass is 10.1. The first-order valence-corrected chi connectivity index (χ1v) is 6.96. The zero-order valence-electron chi connectivity index (χ0n) is 12.1. The van der Waals surface area contributed by atoms with Crippen molar-refractivity contribution >= 4 is 17.5 Å². The van der Waals surface area contributed by atoms with Crippen LogP contribution in [-0.2, 0) is 9.59 Å². The van der Waals surface area contributed by atoms with Crippen molar-refractivity contribution in [2.24, 2.45) is 0 Å². The molecule has 1 aromatic rings. The highest BCUT2D eigenvalue weighted by molar-refractivity contribution is 6.04. The average Bonchev–Trinajstić information content (AvgIpc) is 2.43. The van der Waals surface area contributed by atoms with Crippen molar-refractivity contribution in [1.29, 1.82) is 0 Å². The van der Waals surface area contributed by atoms with Crippen LogP contribution in [0.5, 0.6) is 0 Å². The molecule has 0 aromatic heterocycles. The van der Waals surface area contributed by atoms with Gasteiger partial charge < -0.3 is 10.2 Å². The number of benzene rings is 1. The van der Waals surface area contributed by atoms with E-state index in [2.05, 4.69) is 24.5 Å². The first-order chi connectivity index (χ1) is 9.52. The molecule has 2 unspecified atom stereocenters. The van der Waals surface area contributed by atoms with Crippen LogP contribution in [-0.4, -0.2) is 30.9 Å². The first kappa shape index (κ1) is 14.5. The second-order valence-corrected chi connectivity index (χ2v) is 5.09. The van der Waals surface area contributed by atoms with Gasteiger partial charge >= 0.3 is 0 Å². The molecule has 2 N–H and O–H groups in total. The van der Waals surface area contributed by atoms with E-state index < -0.39 is 0 Å². The minimum atomic E-state index is -0.329. The molecule has 0 aliphatic carbocycles. The van der Waals surface area contributed by atoms with Crippen molar-refractivity contribution in [2.75, 3.05) is 18.0 Å². The number of carbonyl (C=O) groups excluding carboxylic acids is 2. The SMILES string of the molecule is CCNC(C)c1ccc(N2CC(=O)NC(=O)C2C)cc1. The van der Waals surface area contributed by atoms with Crippen LogP contribution in [0.2, 0.25) is 0 Å². The van der Waals surface area contributed by atoms with Crippen LogP contribution in [0, 0.1) is 0 Å². The zero-order chi connectivity index (χ0) is 14.7. The summed E-state index contributed by atoms with van der Waals surface area (Å²) >= 11 is 0. The second kappa shape index (κ2) is 6.05. The summed E-state index contributed by atoms with van der Waals surface area (Å²) < 4.78 is 0. The molecule has 0 saturated carbocycles. The second-order valence-electron chi connectivity index (χ2n) is 5.09. The van der Waals surface area contributed by atoms with Gasteiger partial charge in [0.25, 0.3) is 0 Å². The normalized spacial score (nSPS) is 20.8. The Hall–Kier alpha value is -1.88. The van der Waals surface area contributed by atoms with Crippen molar-refractivity contribution in [1.82, 2.24) is 10.6 Å². The van der Waals surface area contributed by atoms with Crippen molar-refractivity contribution in [2.45, 2.75) is 32.9 Å². The minimum absolute atomic E-state index is 0.217. The van der Waals surface area contributed by atoms with Crippen LogP contribution < -0.4 is 15.5 Å². The first-order valence-electron chi connectivity index (χ1n) is 6.96. The van der Waals surface area contributed by atoms with Crippen LogP contribution >= 0.6 is 0 Å². The van der Waals surface area contributed by atoms with E-state index in [9.17, 15) is 9.59 Å². The van der Waals surface area contributed by atoms with Crippen LogP contribution in [0.3, 0.4) is 0 Å². The number of nitrogens with zero attached hydrogens (tertiary/aromatic N) is 1. The minimum Gasteiger partial charge on any atom is -0.350 e. The van der Waals surface area contributed by atoms with Crippen LogP contribution in [0.25, 0.3) is 0 Å². The number of amides is 2. The summed E-state index contributed by atoms with van der Waals surface area (Å²) in [6.45, 7) is 7.12. The van der Waals surface area contributed by atoms with Gasteiger partial charge in [-0.25, -0.2) is 0 Å². The molecule has 1 fully saturated rings. The standard InChI is InChI=1S/C15H21N3O2/c1-4-16-10(2)12-5-7-13(8-6-12)18-9-14(19)17-15(20)11(18)3/h5-8,10-11,16H,4,9H2,1-3H3,(H,17,19,20). The predicted molar refractivity (Wildman–Crippen MR) is 78.5 cm³/mol. The number of piperazine rings is 1. The van der Waals surface area contributed by atoms with Crippen molar-refractivity contribution in [3.8, 4) is 0 Å². The Bertz CT molecular complexity index is 498. The molecule has 2 atom stereocenters. The smallest absolute Gasteiger partial charge is 0.249 e. The fourth-order valence-corrected chi connectivity index (χ4v) is 2.41. The van der Waals surface area contributed by atoms with Gasteiger partial charge in [0.2, 0.25) is 11.8 Å². The fraction of sp³-hybridized carbons (Fsp3) is 0.467. The Kier molecular flexibility index (Phi) is 4.39. The van der Waals surface area contributed by atoms with Gasteiger partial charge in [0.05, 0.1) is 6.54 Å². The Labute approximate surface area is 119 Å². The Morgan fingerprint density at radius 3 is 2.60 bits per heavy atom. The molecule has 0 spiro atoms. The number of nitrogens with one attached hydrogen (secondary N) is 2. The van der Waals surface area contributed by atoms with E-state index >= 15 is 0 Å². The molecular formula is C15H21N3O2. The average molecular weight is 275 g/mol. The molecule has 1 saturated heterocycles. The fourth-order valence-electron chi connectivity index (χ4n) is 2.41. The molecule has 108 valence electrons. The molecule has 20 heavy (non-hydrogen) atoms. The maximum Gasteiger partial charge on any atom is 0.249 e. The molecule has 1 heterocycles. The summed E-state index contributed by atoms with van der Waals surface area (Å²) in [5.74, 6) is -0.496. The van der Waals surface area contributed by atoms with Gasteiger partial charge in [-0.05, 0) is 38.1 Å². The number of hydrogen-bond donors (Lipinski definition) is 2. The lowest BCUT2D eigenvalue weighted by Gasteiger charge is -2.33. The molecule has 0 radical (unpaired) electrons. The highest BCUT2D eigenvalue weighted by Crippen LogP contribution is 2.22. The number of imide groups is 1. The van der Waals surface area contributed by atoms with Crippen LogP contribution in [0.4, 0.5) is 5.69 Å². The van der Waals surface area contributed by atoms with E-state index in [1.54, 1.807) is 6.92 Å². The van der Waals surface area contributed by atoms with Gasteiger partial charge in [-0.15, -0.1) is 0 Å². The number of hydrogen-bond acceptors (Lipinski definition) is 4. The summed E-state index contributed by atoms with van der Waals surface area (Å²) in [6, 6.07) is 7.96. The topological polar surface area (TPSA) is 61.4 Å². The molecule has 0 bridgehead atoms. The summed E-state index contributed by atoms with van der Waals surface area (Å²) in [5.41, 5.74) is 2.09. The molecule has 5 heteroatoms. The van der Waals surface area contributed by atoms with Crippen molar-refractivity contribution < 1.29 is 9.59 Å². The lowest BCUT2D eigenvalue weighted by Crippen LogP contribution is -2.57. The van der Waals surface area contributed by atoms with Gasteiger partial charge in [0.15, 0.2) is 0 Å². The molecule has 1 aromatic carbocycles. The van der Waals surface area contributed by atoms with E-state index in [0.717, 1.165) is 12.2 Å². The van der Waals surface area contributed by atoms with E-state index in [4.69, 9.17) is 0 Å². The Morgan fingerprint density at radius 2 is 2.00 bits per heavy atom. The Balaban J connectivity index is 2.16. The molecule has 5 nitrogen and oxygen atoms in total. The number of rotatable bonds is 4. The highest BCUT2D eigenvalue weighted by atomic mass is 16.2. The summed E-state index contributed by atoms with van der Waals surface area (Å²) in [4.78, 5) is 25.0. The maximum absolute atomic E-state index is 11.7. The third-order valence-electron chi connectivity index (χ3n) is 3.66. The molecular weight excluding hydrogens is 254 g/mol. The van der Waals surface area contributed by atoms with Crippen LogP contribution in [0.1, 0.15) is 32.4 Å².